The lowest BCUT2D eigenvalue weighted by Gasteiger charge is -2.16. The van der Waals surface area contributed by atoms with Gasteiger partial charge in [0.05, 0.1) is 0 Å². The first-order valence-corrected chi connectivity index (χ1v) is 11.7. The van der Waals surface area contributed by atoms with E-state index in [-0.39, 0.29) is 0 Å². The van der Waals surface area contributed by atoms with E-state index in [0.29, 0.717) is 0 Å². The largest absolute Gasteiger partial charge is 0.292 e. The minimum Gasteiger partial charge on any atom is -0.292 e. The second kappa shape index (κ2) is 8.38. The van der Waals surface area contributed by atoms with E-state index in [0.717, 1.165) is 13.0 Å². The van der Waals surface area contributed by atoms with E-state index < -0.39 is 8.07 Å². The minimum atomic E-state index is -0.990. The summed E-state index contributed by atoms with van der Waals surface area (Å²) in [6.45, 7) is 8.14. The van der Waals surface area contributed by atoms with Crippen LogP contribution < -0.4 is 0 Å². The summed E-state index contributed by atoms with van der Waals surface area (Å²) in [4.78, 5) is 6.01. The third kappa shape index (κ3) is 8.06. The third-order valence-electron chi connectivity index (χ3n) is 2.64. The van der Waals surface area contributed by atoms with Gasteiger partial charge in [0.1, 0.15) is 0 Å². The highest BCUT2D eigenvalue weighted by atomic mass is 32.2. The zero-order valence-electron chi connectivity index (χ0n) is 12.5. The standard InChI is InChI=1S/C16H25NSSi/c1-18-16(14-19(2,3)4)11-8-12-17-13-15-9-6-5-7-10-15/h5-7,9-11,13H,8,12,14H2,1-4H3/b16-11+,17-13?. The molecule has 0 amide bonds. The van der Waals surface area contributed by atoms with E-state index in [4.69, 9.17) is 0 Å². The fraction of sp³-hybridized carbons (Fsp3) is 0.438. The van der Waals surface area contributed by atoms with Gasteiger partial charge in [-0.3, -0.25) is 4.99 Å². The Morgan fingerprint density at radius 1 is 1.21 bits per heavy atom. The van der Waals surface area contributed by atoms with Gasteiger partial charge in [-0.25, -0.2) is 0 Å². The van der Waals surface area contributed by atoms with Crippen molar-refractivity contribution in [2.75, 3.05) is 12.8 Å². The van der Waals surface area contributed by atoms with Gasteiger partial charge in [0.15, 0.2) is 0 Å². The predicted molar refractivity (Wildman–Crippen MR) is 93.3 cm³/mol. The summed E-state index contributed by atoms with van der Waals surface area (Å²) in [6, 6.07) is 11.6. The van der Waals surface area contributed by atoms with Crippen molar-refractivity contribution in [3.8, 4) is 0 Å². The lowest BCUT2D eigenvalue weighted by molar-refractivity contribution is 1.01. The Morgan fingerprint density at radius 3 is 2.47 bits per heavy atom. The van der Waals surface area contributed by atoms with E-state index in [1.807, 2.05) is 36.2 Å². The first kappa shape index (κ1) is 16.3. The van der Waals surface area contributed by atoms with Crippen LogP contribution in [0.2, 0.25) is 25.7 Å². The topological polar surface area (TPSA) is 12.4 Å². The van der Waals surface area contributed by atoms with Crippen molar-refractivity contribution in [1.29, 1.82) is 0 Å². The van der Waals surface area contributed by atoms with Crippen molar-refractivity contribution < 1.29 is 0 Å². The molecule has 3 heteroatoms. The van der Waals surface area contributed by atoms with Crippen LogP contribution in [0, 0.1) is 0 Å². The first-order chi connectivity index (χ1) is 9.01. The van der Waals surface area contributed by atoms with Crippen LogP contribution in [-0.4, -0.2) is 27.1 Å². The summed E-state index contributed by atoms with van der Waals surface area (Å²) in [5.41, 5.74) is 1.18. The van der Waals surface area contributed by atoms with Gasteiger partial charge in [-0.2, -0.15) is 0 Å². The molecule has 0 heterocycles. The Kier molecular flexibility index (Phi) is 7.17. The lowest BCUT2D eigenvalue weighted by Crippen LogP contribution is -2.19. The molecule has 0 radical (unpaired) electrons. The van der Waals surface area contributed by atoms with E-state index in [2.05, 4.69) is 49.1 Å². The van der Waals surface area contributed by atoms with Crippen molar-refractivity contribution in [2.24, 2.45) is 4.99 Å². The van der Waals surface area contributed by atoms with E-state index >= 15 is 0 Å². The van der Waals surface area contributed by atoms with Gasteiger partial charge in [-0.05, 0) is 29.2 Å². The summed E-state index contributed by atoms with van der Waals surface area (Å²) in [5.74, 6) is 0. The quantitative estimate of drug-likeness (QED) is 0.387. The van der Waals surface area contributed by atoms with Crippen molar-refractivity contribution in [2.45, 2.75) is 32.1 Å². The van der Waals surface area contributed by atoms with Crippen molar-refractivity contribution in [3.63, 3.8) is 0 Å². The van der Waals surface area contributed by atoms with Gasteiger partial charge in [-0.15, -0.1) is 11.8 Å². The fourth-order valence-corrected chi connectivity index (χ4v) is 5.11. The highest BCUT2D eigenvalue weighted by Gasteiger charge is 2.14. The maximum absolute atomic E-state index is 4.48. The van der Waals surface area contributed by atoms with Gasteiger partial charge in [0.2, 0.25) is 0 Å². The van der Waals surface area contributed by atoms with Crippen LogP contribution in [0.25, 0.3) is 0 Å². The normalized spacial score (nSPS) is 13.2. The van der Waals surface area contributed by atoms with Crippen LogP contribution in [0.15, 0.2) is 46.3 Å². The van der Waals surface area contributed by atoms with E-state index in [1.165, 1.54) is 16.5 Å². The van der Waals surface area contributed by atoms with Crippen LogP contribution in [0.4, 0.5) is 0 Å². The average molecular weight is 292 g/mol. The van der Waals surface area contributed by atoms with Gasteiger partial charge in [0.25, 0.3) is 0 Å². The number of aliphatic imine (C=N–C) groups is 1. The Balaban J connectivity index is 2.38. The van der Waals surface area contributed by atoms with Crippen LogP contribution in [0.5, 0.6) is 0 Å². The number of rotatable bonds is 7. The molecule has 104 valence electrons. The second-order valence-corrected chi connectivity index (χ2v) is 12.3. The fourth-order valence-electron chi connectivity index (χ4n) is 1.76. The number of benzene rings is 1. The van der Waals surface area contributed by atoms with Gasteiger partial charge in [-0.1, -0.05) is 56.0 Å². The molecular weight excluding hydrogens is 266 g/mol. The molecule has 19 heavy (non-hydrogen) atoms. The minimum absolute atomic E-state index is 0.880. The molecule has 0 atom stereocenters. The van der Waals surface area contributed by atoms with E-state index in [9.17, 15) is 0 Å². The Hall–Kier alpha value is -0.803. The Bertz CT molecular complexity index is 418. The molecule has 0 saturated carbocycles. The predicted octanol–water partition coefficient (Wildman–Crippen LogP) is 5.08. The molecule has 0 aromatic heterocycles. The van der Waals surface area contributed by atoms with Gasteiger partial charge >= 0.3 is 0 Å². The monoisotopic (exact) mass is 291 g/mol. The maximum Gasteiger partial charge on any atom is 0.0493 e. The summed E-state index contributed by atoms with van der Waals surface area (Å²) < 4.78 is 0. The lowest BCUT2D eigenvalue weighted by atomic mass is 10.2. The van der Waals surface area contributed by atoms with Crippen molar-refractivity contribution in [3.05, 3.63) is 46.9 Å². The number of nitrogens with zero attached hydrogens (tertiary/aromatic N) is 1. The Labute approximate surface area is 123 Å². The van der Waals surface area contributed by atoms with Crippen LogP contribution >= 0.6 is 11.8 Å². The zero-order valence-corrected chi connectivity index (χ0v) is 14.3. The summed E-state index contributed by atoms with van der Waals surface area (Å²) >= 11 is 1.90. The maximum atomic E-state index is 4.48. The van der Waals surface area contributed by atoms with Crippen molar-refractivity contribution >= 4 is 26.1 Å². The molecule has 1 rings (SSSR count). The SMILES string of the molecule is CS/C(=C/CCN=Cc1ccccc1)C[Si](C)(C)C. The molecule has 0 fully saturated rings. The molecule has 0 aliphatic heterocycles. The van der Waals surface area contributed by atoms with Crippen LogP contribution in [0.1, 0.15) is 12.0 Å². The highest BCUT2D eigenvalue weighted by molar-refractivity contribution is 8.02. The molecule has 0 spiro atoms. The molecule has 0 N–H and O–H groups in total. The van der Waals surface area contributed by atoms with Crippen LogP contribution in [-0.2, 0) is 0 Å². The summed E-state index contributed by atoms with van der Waals surface area (Å²) in [7, 11) is -0.990. The van der Waals surface area contributed by atoms with Gasteiger partial charge in [0, 0.05) is 20.8 Å². The molecule has 1 nitrogen and oxygen atoms in total. The highest BCUT2D eigenvalue weighted by Crippen LogP contribution is 2.24. The smallest absolute Gasteiger partial charge is 0.0493 e. The first-order valence-electron chi connectivity index (χ1n) is 6.79. The second-order valence-electron chi connectivity index (χ2n) is 5.85. The summed E-state index contributed by atoms with van der Waals surface area (Å²) in [5, 5.41) is 0. The molecule has 0 bridgehead atoms. The number of allylic oxidation sites excluding steroid dienone is 1. The molecule has 0 unspecified atom stereocenters. The number of thioether (sulfide) groups is 1. The molecule has 0 saturated heterocycles. The Morgan fingerprint density at radius 2 is 1.89 bits per heavy atom. The number of hydrogen-bond donors (Lipinski definition) is 0. The zero-order chi connectivity index (χ0) is 14.1. The van der Waals surface area contributed by atoms with Gasteiger partial charge < -0.3 is 0 Å². The number of hydrogen-bond acceptors (Lipinski definition) is 2. The molecule has 0 aliphatic carbocycles. The van der Waals surface area contributed by atoms with Crippen LogP contribution in [0.3, 0.4) is 0 Å². The molecule has 1 aromatic rings. The molecule has 0 aliphatic rings. The molecular formula is C16H25NSSi. The summed E-state index contributed by atoms with van der Waals surface area (Å²) in [6.07, 6.45) is 7.56. The van der Waals surface area contributed by atoms with E-state index in [1.54, 1.807) is 0 Å². The third-order valence-corrected chi connectivity index (χ3v) is 5.17. The average Bonchev–Trinajstić information content (AvgIpc) is 2.37. The molecule has 1 aromatic carbocycles. The van der Waals surface area contributed by atoms with Crippen molar-refractivity contribution in [1.82, 2.24) is 0 Å².